The summed E-state index contributed by atoms with van der Waals surface area (Å²) in [5, 5.41) is 12.7. The SMILES string of the molecule is CC(O)c1cccc(NC(=O)c2ccc3c(c2)CN(C(=O)c2ccc4nc(Cl)sc4c2)CC3)c1. The summed E-state index contributed by atoms with van der Waals surface area (Å²) >= 11 is 7.35. The molecule has 4 aromatic rings. The molecule has 5 rings (SSSR count). The van der Waals surface area contributed by atoms with E-state index in [0.29, 0.717) is 34.4 Å². The summed E-state index contributed by atoms with van der Waals surface area (Å²) in [6, 6.07) is 18.2. The molecule has 2 heterocycles. The van der Waals surface area contributed by atoms with Gasteiger partial charge in [-0.2, -0.15) is 0 Å². The van der Waals surface area contributed by atoms with Crippen molar-refractivity contribution in [2.45, 2.75) is 26.0 Å². The molecule has 0 saturated heterocycles. The van der Waals surface area contributed by atoms with Gasteiger partial charge in [0.1, 0.15) is 0 Å². The first-order valence-electron chi connectivity index (χ1n) is 10.9. The molecule has 0 spiro atoms. The minimum absolute atomic E-state index is 0.0538. The van der Waals surface area contributed by atoms with Crippen LogP contribution < -0.4 is 5.32 Å². The van der Waals surface area contributed by atoms with E-state index in [2.05, 4.69) is 10.3 Å². The number of carbonyl (C=O) groups excluding carboxylic acids is 2. The summed E-state index contributed by atoms with van der Waals surface area (Å²) in [5.41, 5.74) is 5.37. The van der Waals surface area contributed by atoms with Gasteiger partial charge >= 0.3 is 0 Å². The zero-order valence-electron chi connectivity index (χ0n) is 18.4. The standard InChI is InChI=1S/C26H22ClN3O3S/c1-15(31)17-3-2-4-21(12-17)28-24(32)18-6-5-16-9-10-30(14-20(16)11-18)25(33)19-7-8-22-23(13-19)34-26(27)29-22/h2-8,11-13,15,31H,9-10,14H2,1H3,(H,28,32). The molecule has 1 aliphatic rings. The Balaban J connectivity index is 1.33. The molecule has 0 saturated carbocycles. The second-order valence-corrected chi connectivity index (χ2v) is 9.98. The second-order valence-electron chi connectivity index (χ2n) is 8.37. The average molecular weight is 492 g/mol. The molecule has 2 amide bonds. The number of rotatable bonds is 4. The normalized spacial score (nSPS) is 14.0. The highest BCUT2D eigenvalue weighted by Crippen LogP contribution is 2.28. The number of hydrogen-bond donors (Lipinski definition) is 2. The van der Waals surface area contributed by atoms with Crippen LogP contribution in [0.25, 0.3) is 10.2 Å². The molecule has 34 heavy (non-hydrogen) atoms. The largest absolute Gasteiger partial charge is 0.389 e. The van der Waals surface area contributed by atoms with E-state index in [9.17, 15) is 14.7 Å². The smallest absolute Gasteiger partial charge is 0.255 e. The fourth-order valence-electron chi connectivity index (χ4n) is 4.16. The molecular weight excluding hydrogens is 470 g/mol. The third-order valence-electron chi connectivity index (χ3n) is 6.00. The third-order valence-corrected chi connectivity index (χ3v) is 7.13. The highest BCUT2D eigenvalue weighted by molar-refractivity contribution is 7.22. The Hall–Kier alpha value is -3.26. The molecule has 0 aliphatic carbocycles. The Morgan fingerprint density at radius 2 is 1.91 bits per heavy atom. The zero-order chi connectivity index (χ0) is 23.8. The van der Waals surface area contributed by atoms with Crippen molar-refractivity contribution in [3.05, 3.63) is 92.9 Å². The molecule has 0 radical (unpaired) electrons. The lowest BCUT2D eigenvalue weighted by Crippen LogP contribution is -2.36. The Kier molecular flexibility index (Phi) is 6.08. The van der Waals surface area contributed by atoms with Gasteiger partial charge in [0.2, 0.25) is 0 Å². The number of amides is 2. The minimum atomic E-state index is -0.613. The third kappa shape index (κ3) is 4.55. The van der Waals surface area contributed by atoms with Crippen LogP contribution >= 0.6 is 22.9 Å². The first kappa shape index (κ1) is 22.5. The lowest BCUT2D eigenvalue weighted by atomic mass is 9.96. The van der Waals surface area contributed by atoms with Crippen molar-refractivity contribution >= 4 is 50.7 Å². The van der Waals surface area contributed by atoms with Crippen molar-refractivity contribution in [2.24, 2.45) is 0 Å². The first-order chi connectivity index (χ1) is 16.4. The first-order valence-corrected chi connectivity index (χ1v) is 12.1. The fraction of sp³-hybridized carbons (Fsp3) is 0.192. The van der Waals surface area contributed by atoms with Gasteiger partial charge < -0.3 is 15.3 Å². The second kappa shape index (κ2) is 9.18. The van der Waals surface area contributed by atoms with Crippen LogP contribution in [-0.4, -0.2) is 33.3 Å². The number of aliphatic hydroxyl groups is 1. The van der Waals surface area contributed by atoms with E-state index in [0.717, 1.165) is 33.3 Å². The maximum Gasteiger partial charge on any atom is 0.255 e. The molecular formula is C26H22ClN3O3S. The number of hydrogen-bond acceptors (Lipinski definition) is 5. The highest BCUT2D eigenvalue weighted by atomic mass is 35.5. The molecule has 0 bridgehead atoms. The molecule has 2 N–H and O–H groups in total. The minimum Gasteiger partial charge on any atom is -0.389 e. The van der Waals surface area contributed by atoms with Gasteiger partial charge in [0, 0.05) is 29.9 Å². The van der Waals surface area contributed by atoms with Crippen LogP contribution in [0.2, 0.25) is 4.47 Å². The van der Waals surface area contributed by atoms with Crippen molar-refractivity contribution in [1.82, 2.24) is 9.88 Å². The van der Waals surface area contributed by atoms with Crippen LogP contribution in [-0.2, 0) is 13.0 Å². The van der Waals surface area contributed by atoms with E-state index in [1.807, 2.05) is 36.4 Å². The summed E-state index contributed by atoms with van der Waals surface area (Å²) < 4.78 is 1.33. The number of aliphatic hydroxyl groups excluding tert-OH is 1. The average Bonchev–Trinajstić information content (AvgIpc) is 3.22. The van der Waals surface area contributed by atoms with Crippen molar-refractivity contribution in [3.8, 4) is 0 Å². The monoisotopic (exact) mass is 491 g/mol. The van der Waals surface area contributed by atoms with E-state index in [1.54, 1.807) is 36.1 Å². The van der Waals surface area contributed by atoms with E-state index in [4.69, 9.17) is 11.6 Å². The van der Waals surface area contributed by atoms with Crippen LogP contribution in [0.15, 0.2) is 60.7 Å². The maximum absolute atomic E-state index is 13.2. The number of halogens is 1. The predicted molar refractivity (Wildman–Crippen MR) is 135 cm³/mol. The topological polar surface area (TPSA) is 82.5 Å². The Morgan fingerprint density at radius 1 is 1.09 bits per heavy atom. The van der Waals surface area contributed by atoms with Gasteiger partial charge in [-0.3, -0.25) is 9.59 Å². The van der Waals surface area contributed by atoms with Crippen LogP contribution in [0, 0.1) is 0 Å². The predicted octanol–water partition coefficient (Wildman–Crippen LogP) is 5.45. The molecule has 1 aliphatic heterocycles. The number of anilines is 1. The van der Waals surface area contributed by atoms with Gasteiger partial charge in [-0.25, -0.2) is 4.98 Å². The van der Waals surface area contributed by atoms with Gasteiger partial charge in [-0.05, 0) is 72.5 Å². The van der Waals surface area contributed by atoms with Gasteiger partial charge in [0.15, 0.2) is 4.47 Å². The molecule has 1 unspecified atom stereocenters. The van der Waals surface area contributed by atoms with E-state index in [-0.39, 0.29) is 11.8 Å². The van der Waals surface area contributed by atoms with Gasteiger partial charge in [0.25, 0.3) is 11.8 Å². The quantitative estimate of drug-likeness (QED) is 0.397. The summed E-state index contributed by atoms with van der Waals surface area (Å²) in [7, 11) is 0. The number of benzene rings is 3. The van der Waals surface area contributed by atoms with Crippen molar-refractivity contribution in [2.75, 3.05) is 11.9 Å². The van der Waals surface area contributed by atoms with Crippen molar-refractivity contribution in [3.63, 3.8) is 0 Å². The van der Waals surface area contributed by atoms with Gasteiger partial charge in [-0.1, -0.05) is 29.8 Å². The van der Waals surface area contributed by atoms with Gasteiger partial charge in [-0.15, -0.1) is 11.3 Å². The molecule has 3 aromatic carbocycles. The van der Waals surface area contributed by atoms with Crippen LogP contribution in [0.5, 0.6) is 0 Å². The number of carbonyl (C=O) groups is 2. The lowest BCUT2D eigenvalue weighted by molar-refractivity contribution is 0.0735. The van der Waals surface area contributed by atoms with Crippen molar-refractivity contribution in [1.29, 1.82) is 0 Å². The lowest BCUT2D eigenvalue weighted by Gasteiger charge is -2.29. The number of nitrogens with one attached hydrogen (secondary N) is 1. The maximum atomic E-state index is 13.2. The molecule has 1 atom stereocenters. The van der Waals surface area contributed by atoms with E-state index >= 15 is 0 Å². The molecule has 172 valence electrons. The summed E-state index contributed by atoms with van der Waals surface area (Å²) in [4.78, 5) is 32.1. The van der Waals surface area contributed by atoms with Crippen molar-refractivity contribution < 1.29 is 14.7 Å². The summed E-state index contributed by atoms with van der Waals surface area (Å²) in [6.07, 6.45) is 0.117. The van der Waals surface area contributed by atoms with Crippen LogP contribution in [0.3, 0.4) is 0 Å². The zero-order valence-corrected chi connectivity index (χ0v) is 20.0. The van der Waals surface area contributed by atoms with Gasteiger partial charge in [0.05, 0.1) is 16.3 Å². The molecule has 1 aromatic heterocycles. The Morgan fingerprint density at radius 3 is 2.74 bits per heavy atom. The summed E-state index contributed by atoms with van der Waals surface area (Å²) in [6.45, 7) is 2.74. The molecule has 0 fully saturated rings. The van der Waals surface area contributed by atoms with Crippen LogP contribution in [0.4, 0.5) is 5.69 Å². The van der Waals surface area contributed by atoms with E-state index in [1.165, 1.54) is 11.3 Å². The molecule has 8 heteroatoms. The number of aromatic nitrogens is 1. The van der Waals surface area contributed by atoms with E-state index < -0.39 is 6.10 Å². The number of fused-ring (bicyclic) bond motifs is 2. The number of thiazole rings is 1. The Labute approximate surface area is 205 Å². The summed E-state index contributed by atoms with van der Waals surface area (Å²) in [5.74, 6) is -0.289. The number of nitrogens with zero attached hydrogens (tertiary/aromatic N) is 2. The Bertz CT molecular complexity index is 1420. The fourth-order valence-corrected chi connectivity index (χ4v) is 5.23. The molecule has 6 nitrogen and oxygen atoms in total. The highest BCUT2D eigenvalue weighted by Gasteiger charge is 2.23. The van der Waals surface area contributed by atoms with Crippen LogP contribution in [0.1, 0.15) is 50.4 Å².